The molecule has 9 heteroatoms. The van der Waals surface area contributed by atoms with Crippen LogP contribution < -0.4 is 14.8 Å². The number of fused-ring (bicyclic) bond motifs is 2. The van der Waals surface area contributed by atoms with Gasteiger partial charge in [-0.1, -0.05) is 13.8 Å². The number of hydrogen-bond acceptors (Lipinski definition) is 6. The first-order valence-corrected chi connectivity index (χ1v) is 12.0. The maximum absolute atomic E-state index is 13.8. The first-order valence-electron chi connectivity index (χ1n) is 11.5. The van der Waals surface area contributed by atoms with Crippen molar-refractivity contribution < 1.29 is 28.6 Å². The molecule has 0 radical (unpaired) electrons. The molecule has 5 rings (SSSR count). The Bertz CT molecular complexity index is 972. The molecule has 3 fully saturated rings. The van der Waals surface area contributed by atoms with E-state index in [4.69, 9.17) is 25.8 Å². The van der Waals surface area contributed by atoms with E-state index >= 15 is 0 Å². The van der Waals surface area contributed by atoms with Gasteiger partial charge in [0.05, 0.1) is 5.38 Å². The SMILES string of the molecule is CC1(C)CCC([C@H](NC(=O)c2ccc3c(c2)OCO3)C(=O)N2C[C@H](Cl)[C@H]3OCC(=O)[C@H]32)CC1. The van der Waals surface area contributed by atoms with Gasteiger partial charge in [-0.15, -0.1) is 11.6 Å². The van der Waals surface area contributed by atoms with Gasteiger partial charge in [-0.3, -0.25) is 14.4 Å². The van der Waals surface area contributed by atoms with Crippen molar-refractivity contribution in [2.24, 2.45) is 11.3 Å². The third kappa shape index (κ3) is 4.19. The fraction of sp³-hybridized carbons (Fsp3) is 0.625. The fourth-order valence-electron chi connectivity index (χ4n) is 5.40. The summed E-state index contributed by atoms with van der Waals surface area (Å²) in [4.78, 5) is 41.0. The van der Waals surface area contributed by atoms with Crippen molar-refractivity contribution in [2.75, 3.05) is 19.9 Å². The molecule has 4 atom stereocenters. The zero-order valence-corrected chi connectivity index (χ0v) is 19.6. The van der Waals surface area contributed by atoms with E-state index < -0.39 is 23.6 Å². The zero-order valence-electron chi connectivity index (χ0n) is 18.8. The fourth-order valence-corrected chi connectivity index (χ4v) is 5.76. The van der Waals surface area contributed by atoms with Crippen LogP contribution in [-0.4, -0.2) is 66.0 Å². The first-order chi connectivity index (χ1) is 15.7. The molecule has 1 saturated carbocycles. The number of amides is 2. The molecular formula is C24H29ClN2O6. The van der Waals surface area contributed by atoms with Gasteiger partial charge in [0.2, 0.25) is 12.7 Å². The lowest BCUT2D eigenvalue weighted by molar-refractivity contribution is -0.139. The van der Waals surface area contributed by atoms with Crippen LogP contribution in [0.15, 0.2) is 18.2 Å². The van der Waals surface area contributed by atoms with E-state index in [1.807, 2.05) is 0 Å². The van der Waals surface area contributed by atoms with Gasteiger partial charge in [0.15, 0.2) is 17.3 Å². The monoisotopic (exact) mass is 476 g/mol. The summed E-state index contributed by atoms with van der Waals surface area (Å²) in [5.74, 6) is 0.320. The molecule has 8 nitrogen and oxygen atoms in total. The summed E-state index contributed by atoms with van der Waals surface area (Å²) in [7, 11) is 0. The van der Waals surface area contributed by atoms with Crippen LogP contribution in [0.1, 0.15) is 49.9 Å². The van der Waals surface area contributed by atoms with Crippen LogP contribution in [0.3, 0.4) is 0 Å². The van der Waals surface area contributed by atoms with E-state index in [2.05, 4.69) is 19.2 Å². The molecule has 4 aliphatic rings. The van der Waals surface area contributed by atoms with Crippen molar-refractivity contribution in [2.45, 2.75) is 63.1 Å². The smallest absolute Gasteiger partial charge is 0.252 e. The number of ether oxygens (including phenoxy) is 3. The number of nitrogens with one attached hydrogen (secondary N) is 1. The summed E-state index contributed by atoms with van der Waals surface area (Å²) in [6.45, 7) is 4.77. The summed E-state index contributed by atoms with van der Waals surface area (Å²) in [6, 6.07) is 3.55. The van der Waals surface area contributed by atoms with Crippen molar-refractivity contribution in [3.05, 3.63) is 23.8 Å². The highest BCUT2D eigenvalue weighted by atomic mass is 35.5. The number of likely N-dealkylation sites (tertiary alicyclic amines) is 1. The lowest BCUT2D eigenvalue weighted by atomic mass is 9.71. The molecule has 3 aliphatic heterocycles. The van der Waals surface area contributed by atoms with Gasteiger partial charge in [-0.05, 0) is 55.2 Å². The molecule has 2 amide bonds. The van der Waals surface area contributed by atoms with Crippen molar-refractivity contribution in [3.8, 4) is 11.5 Å². The van der Waals surface area contributed by atoms with Crippen LogP contribution in [0.2, 0.25) is 0 Å². The van der Waals surface area contributed by atoms with Crippen LogP contribution in [-0.2, 0) is 14.3 Å². The number of carbonyl (C=O) groups is 3. The van der Waals surface area contributed by atoms with Crippen LogP contribution in [0, 0.1) is 11.3 Å². The van der Waals surface area contributed by atoms with Crippen LogP contribution in [0.25, 0.3) is 0 Å². The van der Waals surface area contributed by atoms with E-state index in [9.17, 15) is 14.4 Å². The summed E-state index contributed by atoms with van der Waals surface area (Å²) in [5, 5.41) is 2.54. The predicted octanol–water partition coefficient (Wildman–Crippen LogP) is 2.52. The number of benzene rings is 1. The molecule has 3 heterocycles. The van der Waals surface area contributed by atoms with E-state index in [1.165, 1.54) is 4.90 Å². The van der Waals surface area contributed by atoms with Crippen molar-refractivity contribution in [1.29, 1.82) is 0 Å². The van der Waals surface area contributed by atoms with Crippen molar-refractivity contribution >= 4 is 29.2 Å². The third-order valence-electron chi connectivity index (χ3n) is 7.45. The molecule has 0 aromatic heterocycles. The summed E-state index contributed by atoms with van der Waals surface area (Å²) in [5.41, 5.74) is 0.601. The molecule has 1 aromatic rings. The number of nitrogens with zero attached hydrogens (tertiary/aromatic N) is 1. The third-order valence-corrected chi connectivity index (χ3v) is 7.83. The lowest BCUT2D eigenvalue weighted by Gasteiger charge is -2.39. The number of rotatable bonds is 4. The Morgan fingerprint density at radius 3 is 2.67 bits per heavy atom. The van der Waals surface area contributed by atoms with Gasteiger partial charge >= 0.3 is 0 Å². The Labute approximate surface area is 197 Å². The molecule has 0 unspecified atom stereocenters. The minimum Gasteiger partial charge on any atom is -0.454 e. The maximum Gasteiger partial charge on any atom is 0.252 e. The average Bonchev–Trinajstić information content (AvgIpc) is 3.49. The Morgan fingerprint density at radius 1 is 1.18 bits per heavy atom. The second-order valence-corrected chi connectivity index (χ2v) is 10.8. The highest BCUT2D eigenvalue weighted by molar-refractivity contribution is 6.22. The first kappa shape index (κ1) is 22.5. The number of ketones is 1. The lowest BCUT2D eigenvalue weighted by Crippen LogP contribution is -2.55. The van der Waals surface area contributed by atoms with Crippen LogP contribution in [0.4, 0.5) is 0 Å². The van der Waals surface area contributed by atoms with Gasteiger partial charge in [0, 0.05) is 12.1 Å². The van der Waals surface area contributed by atoms with E-state index in [1.54, 1.807) is 18.2 Å². The molecule has 1 aliphatic carbocycles. The van der Waals surface area contributed by atoms with Gasteiger partial charge in [0.1, 0.15) is 24.8 Å². The molecule has 0 spiro atoms. The topological polar surface area (TPSA) is 94.2 Å². The molecule has 2 saturated heterocycles. The number of Topliss-reactive ketones (excluding diaryl/α,β-unsaturated/α-hetero) is 1. The van der Waals surface area contributed by atoms with Gasteiger partial charge in [0.25, 0.3) is 5.91 Å². The van der Waals surface area contributed by atoms with E-state index in [0.717, 1.165) is 25.7 Å². The van der Waals surface area contributed by atoms with Crippen molar-refractivity contribution in [1.82, 2.24) is 10.2 Å². The average molecular weight is 477 g/mol. The molecular weight excluding hydrogens is 448 g/mol. The minimum absolute atomic E-state index is 0.0197. The number of alkyl halides is 1. The Hall–Kier alpha value is -2.32. The number of halogens is 1. The Kier molecular flexibility index (Phi) is 5.77. The normalized spacial score (nSPS) is 29.1. The maximum atomic E-state index is 13.8. The predicted molar refractivity (Wildman–Crippen MR) is 119 cm³/mol. The van der Waals surface area contributed by atoms with Gasteiger partial charge in [-0.2, -0.15) is 0 Å². The molecule has 33 heavy (non-hydrogen) atoms. The summed E-state index contributed by atoms with van der Waals surface area (Å²) < 4.78 is 16.3. The van der Waals surface area contributed by atoms with Gasteiger partial charge in [-0.25, -0.2) is 0 Å². The Balaban J connectivity index is 1.39. The van der Waals surface area contributed by atoms with Crippen molar-refractivity contribution in [3.63, 3.8) is 0 Å². The molecule has 1 aromatic carbocycles. The largest absolute Gasteiger partial charge is 0.454 e. The summed E-state index contributed by atoms with van der Waals surface area (Å²) >= 11 is 6.42. The number of carbonyl (C=O) groups excluding carboxylic acids is 3. The molecule has 0 bridgehead atoms. The van der Waals surface area contributed by atoms with E-state index in [0.29, 0.717) is 17.1 Å². The molecule has 1 N–H and O–H groups in total. The zero-order chi connectivity index (χ0) is 23.3. The van der Waals surface area contributed by atoms with Crippen LogP contribution in [0.5, 0.6) is 11.5 Å². The van der Waals surface area contributed by atoms with Gasteiger partial charge < -0.3 is 24.4 Å². The second-order valence-electron chi connectivity index (χ2n) is 10.2. The second kappa shape index (κ2) is 8.47. The highest BCUT2D eigenvalue weighted by Gasteiger charge is 2.53. The molecule has 178 valence electrons. The Morgan fingerprint density at radius 2 is 1.91 bits per heavy atom. The summed E-state index contributed by atoms with van der Waals surface area (Å²) in [6.07, 6.45) is 3.09. The minimum atomic E-state index is -0.741. The van der Waals surface area contributed by atoms with Crippen LogP contribution >= 0.6 is 11.6 Å². The number of hydrogen-bond donors (Lipinski definition) is 1. The van der Waals surface area contributed by atoms with E-state index in [-0.39, 0.29) is 48.9 Å². The highest BCUT2D eigenvalue weighted by Crippen LogP contribution is 2.41. The quantitative estimate of drug-likeness (QED) is 0.671. The standard InChI is InChI=1S/C24H29ClN2O6/c1-24(2)7-5-13(6-8-24)19(23(30)27-10-15(25)21-20(27)16(28)11-31-21)26-22(29)14-3-4-17-18(9-14)33-12-32-17/h3-4,9,13,15,19-21H,5-8,10-12H2,1-2H3,(H,26,29)/t15-,19-,20+,21+/m0/s1.